The maximum absolute atomic E-state index is 12.4. The van der Waals surface area contributed by atoms with Crippen LogP contribution in [0.3, 0.4) is 0 Å². The molecule has 110 valence electrons. The fourth-order valence-electron chi connectivity index (χ4n) is 2.70. The molecule has 0 atom stereocenters. The van der Waals surface area contributed by atoms with Crippen molar-refractivity contribution >= 4 is 11.7 Å². The van der Waals surface area contributed by atoms with Crippen molar-refractivity contribution in [2.45, 2.75) is 32.2 Å². The Balaban J connectivity index is 2.15. The molecule has 1 fully saturated rings. The smallest absolute Gasteiger partial charge is 0.331 e. The highest BCUT2D eigenvalue weighted by Crippen LogP contribution is 2.28. The molecule has 4 nitrogen and oxygen atoms in total. The Morgan fingerprint density at radius 3 is 2.45 bits per heavy atom. The minimum atomic E-state index is -0.580. The number of piperidine rings is 1. The molecular formula is C16H24N2O2. The lowest BCUT2D eigenvalue weighted by molar-refractivity contribution is -0.150. The summed E-state index contributed by atoms with van der Waals surface area (Å²) in [6.07, 6.45) is 1.57. The number of carbonyl (C=O) groups is 1. The molecule has 0 unspecified atom stereocenters. The number of nitrogens with zero attached hydrogens (tertiary/aromatic N) is 1. The molecule has 1 saturated heterocycles. The summed E-state index contributed by atoms with van der Waals surface area (Å²) < 4.78 is 5.31. The van der Waals surface area contributed by atoms with Gasteiger partial charge in [0.2, 0.25) is 0 Å². The van der Waals surface area contributed by atoms with Gasteiger partial charge in [-0.15, -0.1) is 0 Å². The van der Waals surface area contributed by atoms with Gasteiger partial charge in [-0.3, -0.25) is 0 Å². The molecule has 1 aliphatic heterocycles. The van der Waals surface area contributed by atoms with Crippen LogP contribution in [0.1, 0.15) is 26.7 Å². The summed E-state index contributed by atoms with van der Waals surface area (Å²) in [4.78, 5) is 14.8. The predicted octanol–water partition coefficient (Wildman–Crippen LogP) is 2.52. The maximum Gasteiger partial charge on any atom is 0.331 e. The average molecular weight is 276 g/mol. The molecule has 4 heteroatoms. The normalized spacial score (nSPS) is 18.5. The van der Waals surface area contributed by atoms with Crippen LogP contribution in [0.25, 0.3) is 0 Å². The van der Waals surface area contributed by atoms with Gasteiger partial charge >= 0.3 is 5.97 Å². The summed E-state index contributed by atoms with van der Waals surface area (Å²) in [5, 5.41) is 3.42. The fraction of sp³-hybridized carbons (Fsp3) is 0.562. The highest BCUT2D eigenvalue weighted by molar-refractivity contribution is 5.84. The first kappa shape index (κ1) is 14.9. The number of carbonyl (C=O) groups excluding carboxylic acids is 1. The largest absolute Gasteiger partial charge is 0.464 e. The molecule has 0 bridgehead atoms. The van der Waals surface area contributed by atoms with Gasteiger partial charge in [0, 0.05) is 18.8 Å². The van der Waals surface area contributed by atoms with E-state index in [-0.39, 0.29) is 5.97 Å². The molecule has 20 heavy (non-hydrogen) atoms. The van der Waals surface area contributed by atoms with E-state index in [0.29, 0.717) is 6.61 Å². The van der Waals surface area contributed by atoms with E-state index >= 15 is 0 Å². The second kappa shape index (κ2) is 6.75. The summed E-state index contributed by atoms with van der Waals surface area (Å²) in [6, 6.07) is 9.91. The van der Waals surface area contributed by atoms with Crippen LogP contribution in [-0.4, -0.2) is 42.6 Å². The molecule has 0 aromatic heterocycles. The number of benzene rings is 1. The van der Waals surface area contributed by atoms with E-state index in [9.17, 15) is 4.79 Å². The molecular weight excluding hydrogens is 252 g/mol. The molecule has 0 amide bonds. The first-order chi connectivity index (χ1) is 9.70. The zero-order valence-corrected chi connectivity index (χ0v) is 12.4. The van der Waals surface area contributed by atoms with E-state index in [1.54, 1.807) is 0 Å². The monoisotopic (exact) mass is 276 g/mol. The Morgan fingerprint density at radius 2 is 1.90 bits per heavy atom. The molecule has 1 aliphatic rings. The lowest BCUT2D eigenvalue weighted by atomic mass is 9.87. The van der Waals surface area contributed by atoms with Crippen LogP contribution in [0.4, 0.5) is 5.69 Å². The number of ether oxygens (including phenoxy) is 1. The van der Waals surface area contributed by atoms with Crippen molar-refractivity contribution in [2.75, 3.05) is 31.6 Å². The molecule has 0 aliphatic carbocycles. The van der Waals surface area contributed by atoms with E-state index in [1.165, 1.54) is 0 Å². The van der Waals surface area contributed by atoms with Crippen LogP contribution in [0.5, 0.6) is 0 Å². The zero-order valence-electron chi connectivity index (χ0n) is 12.4. The van der Waals surface area contributed by atoms with Gasteiger partial charge in [-0.1, -0.05) is 25.1 Å². The third kappa shape index (κ3) is 3.31. The molecule has 0 saturated carbocycles. The second-order valence-electron chi connectivity index (χ2n) is 5.23. The summed E-state index contributed by atoms with van der Waals surface area (Å²) in [5.41, 5.74) is 0.397. The van der Waals surface area contributed by atoms with Crippen LogP contribution in [0, 0.1) is 0 Å². The molecule has 0 spiro atoms. The van der Waals surface area contributed by atoms with Crippen LogP contribution < -0.4 is 5.32 Å². The van der Waals surface area contributed by atoms with Crippen LogP contribution in [0.2, 0.25) is 0 Å². The van der Waals surface area contributed by atoms with Crippen molar-refractivity contribution in [3.05, 3.63) is 30.3 Å². The second-order valence-corrected chi connectivity index (χ2v) is 5.23. The van der Waals surface area contributed by atoms with Crippen molar-refractivity contribution in [3.8, 4) is 0 Å². The average Bonchev–Trinajstić information content (AvgIpc) is 2.49. The lowest BCUT2D eigenvalue weighted by Gasteiger charge is -2.40. The number of nitrogens with one attached hydrogen (secondary N) is 1. The van der Waals surface area contributed by atoms with Gasteiger partial charge in [0.25, 0.3) is 0 Å². The number of esters is 1. The summed E-state index contributed by atoms with van der Waals surface area (Å²) in [7, 11) is 0. The number of anilines is 1. The van der Waals surface area contributed by atoms with E-state index < -0.39 is 5.54 Å². The number of likely N-dealkylation sites (tertiary alicyclic amines) is 1. The SMILES string of the molecule is CCOC(=O)C1(Nc2ccccc2)CCN(CC)CC1. The van der Waals surface area contributed by atoms with Crippen molar-refractivity contribution in [2.24, 2.45) is 0 Å². The van der Waals surface area contributed by atoms with Gasteiger partial charge in [0.05, 0.1) is 6.61 Å². The fourth-order valence-corrected chi connectivity index (χ4v) is 2.70. The van der Waals surface area contributed by atoms with E-state index in [2.05, 4.69) is 17.1 Å². The highest BCUT2D eigenvalue weighted by Gasteiger charge is 2.42. The Hall–Kier alpha value is -1.55. The topological polar surface area (TPSA) is 41.6 Å². The minimum absolute atomic E-state index is 0.125. The molecule has 0 radical (unpaired) electrons. The molecule has 1 aromatic carbocycles. The summed E-state index contributed by atoms with van der Waals surface area (Å²) >= 11 is 0. The van der Waals surface area contributed by atoms with Gasteiger partial charge in [0.15, 0.2) is 0 Å². The van der Waals surface area contributed by atoms with Crippen molar-refractivity contribution < 1.29 is 9.53 Å². The summed E-state index contributed by atoms with van der Waals surface area (Å²) in [5.74, 6) is -0.125. The predicted molar refractivity (Wildman–Crippen MR) is 80.8 cm³/mol. The minimum Gasteiger partial charge on any atom is -0.464 e. The van der Waals surface area contributed by atoms with E-state index in [1.807, 2.05) is 37.3 Å². The van der Waals surface area contributed by atoms with Gasteiger partial charge in [-0.05, 0) is 38.4 Å². The Bertz CT molecular complexity index is 425. The van der Waals surface area contributed by atoms with Gasteiger partial charge in [-0.2, -0.15) is 0 Å². The molecule has 1 aromatic rings. The van der Waals surface area contributed by atoms with Crippen molar-refractivity contribution in [1.29, 1.82) is 0 Å². The first-order valence-corrected chi connectivity index (χ1v) is 7.43. The standard InChI is InChI=1S/C16H24N2O2/c1-3-18-12-10-16(11-13-18,15(19)20-4-2)17-14-8-6-5-7-9-14/h5-9,17H,3-4,10-13H2,1-2H3. The molecule has 1 heterocycles. The van der Waals surface area contributed by atoms with Gasteiger partial charge in [-0.25, -0.2) is 4.79 Å². The Labute approximate surface area is 121 Å². The Morgan fingerprint density at radius 1 is 1.25 bits per heavy atom. The van der Waals surface area contributed by atoms with Crippen LogP contribution in [-0.2, 0) is 9.53 Å². The number of hydrogen-bond acceptors (Lipinski definition) is 4. The third-order valence-corrected chi connectivity index (χ3v) is 3.98. The Kier molecular flexibility index (Phi) is 5.01. The lowest BCUT2D eigenvalue weighted by Crippen LogP contribution is -2.55. The van der Waals surface area contributed by atoms with E-state index in [4.69, 9.17) is 4.74 Å². The van der Waals surface area contributed by atoms with Crippen LogP contribution in [0.15, 0.2) is 30.3 Å². The van der Waals surface area contributed by atoms with E-state index in [0.717, 1.165) is 38.2 Å². The third-order valence-electron chi connectivity index (χ3n) is 3.98. The first-order valence-electron chi connectivity index (χ1n) is 7.43. The zero-order chi connectivity index (χ0) is 14.4. The van der Waals surface area contributed by atoms with Gasteiger partial charge in [0.1, 0.15) is 5.54 Å². The number of hydrogen-bond donors (Lipinski definition) is 1. The van der Waals surface area contributed by atoms with Gasteiger partial charge < -0.3 is 15.0 Å². The maximum atomic E-state index is 12.4. The van der Waals surface area contributed by atoms with Crippen molar-refractivity contribution in [1.82, 2.24) is 4.90 Å². The number of rotatable bonds is 5. The molecule has 2 rings (SSSR count). The number of para-hydroxylation sites is 1. The summed E-state index contributed by atoms with van der Waals surface area (Å²) in [6.45, 7) is 7.32. The van der Waals surface area contributed by atoms with Crippen molar-refractivity contribution in [3.63, 3.8) is 0 Å². The highest BCUT2D eigenvalue weighted by atomic mass is 16.5. The quantitative estimate of drug-likeness (QED) is 0.839. The van der Waals surface area contributed by atoms with Crippen LogP contribution >= 0.6 is 0 Å². The molecule has 1 N–H and O–H groups in total.